The van der Waals surface area contributed by atoms with E-state index in [-0.39, 0.29) is 5.69 Å². The molecule has 8 heteroatoms. The lowest BCUT2D eigenvalue weighted by Gasteiger charge is -2.13. The normalized spacial score (nSPS) is 11.4. The molecule has 0 fully saturated rings. The Morgan fingerprint density at radius 1 is 0.929 bits per heavy atom. The van der Waals surface area contributed by atoms with Crippen LogP contribution in [0.25, 0.3) is 27.9 Å². The molecule has 5 rings (SSSR count). The highest BCUT2D eigenvalue weighted by molar-refractivity contribution is 5.83. The topological polar surface area (TPSA) is 104 Å². The zero-order valence-electron chi connectivity index (χ0n) is 15.3. The first-order valence-corrected chi connectivity index (χ1v) is 8.86. The molecule has 0 spiro atoms. The van der Waals surface area contributed by atoms with E-state index in [0.29, 0.717) is 11.6 Å². The van der Waals surface area contributed by atoms with Gasteiger partial charge in [-0.3, -0.25) is 0 Å². The summed E-state index contributed by atoms with van der Waals surface area (Å²) in [6.45, 7) is 3.93. The number of benzene rings is 2. The van der Waals surface area contributed by atoms with E-state index in [4.69, 9.17) is 9.97 Å². The Labute approximate surface area is 159 Å². The van der Waals surface area contributed by atoms with Crippen LogP contribution in [0.5, 0.6) is 0 Å². The number of nitrogens with zero attached hydrogens (tertiary/aromatic N) is 4. The van der Waals surface area contributed by atoms with Crippen molar-refractivity contribution in [3.05, 3.63) is 70.4 Å². The van der Waals surface area contributed by atoms with Crippen molar-refractivity contribution in [2.75, 3.05) is 5.32 Å². The van der Waals surface area contributed by atoms with Crippen molar-refractivity contribution >= 4 is 33.6 Å². The van der Waals surface area contributed by atoms with Gasteiger partial charge in [0.25, 0.3) is 0 Å². The van der Waals surface area contributed by atoms with Crippen molar-refractivity contribution in [1.29, 1.82) is 0 Å². The molecule has 0 atom stereocenters. The number of imidazole rings is 1. The number of anilines is 2. The lowest BCUT2D eigenvalue weighted by atomic mass is 10.2. The van der Waals surface area contributed by atoms with E-state index in [1.54, 1.807) is 4.68 Å². The van der Waals surface area contributed by atoms with Crippen LogP contribution in [0.15, 0.2) is 53.3 Å². The number of fused-ring (bicyclic) bond motifs is 2. The van der Waals surface area contributed by atoms with Gasteiger partial charge in [0.1, 0.15) is 0 Å². The summed E-state index contributed by atoms with van der Waals surface area (Å²) >= 11 is 0. The molecule has 3 N–H and O–H groups in total. The maximum absolute atomic E-state index is 11.5. The Morgan fingerprint density at radius 3 is 2.43 bits per heavy atom. The van der Waals surface area contributed by atoms with Crippen LogP contribution in [-0.2, 0) is 0 Å². The van der Waals surface area contributed by atoms with E-state index >= 15 is 0 Å². The number of aryl methyl sites for hydroxylation is 2. The number of hydrogen-bond acceptors (Lipinski definition) is 5. The Hall–Kier alpha value is -3.94. The van der Waals surface area contributed by atoms with Crippen LogP contribution in [0.1, 0.15) is 11.4 Å². The Morgan fingerprint density at radius 2 is 1.68 bits per heavy atom. The van der Waals surface area contributed by atoms with E-state index < -0.39 is 0 Å². The van der Waals surface area contributed by atoms with E-state index in [1.165, 1.54) is 0 Å². The number of nitrogens with one attached hydrogen (secondary N) is 3. The average molecular weight is 371 g/mol. The lowest BCUT2D eigenvalue weighted by Crippen LogP contribution is -2.08. The van der Waals surface area contributed by atoms with E-state index in [0.717, 1.165) is 39.1 Å². The molecule has 5 aromatic rings. The van der Waals surface area contributed by atoms with E-state index in [1.807, 2.05) is 62.4 Å². The average Bonchev–Trinajstić information content (AvgIpc) is 3.21. The fraction of sp³-hybridized carbons (Fsp3) is 0.100. The van der Waals surface area contributed by atoms with Gasteiger partial charge < -0.3 is 15.3 Å². The van der Waals surface area contributed by atoms with Crippen LogP contribution in [0.3, 0.4) is 0 Å². The molecule has 8 nitrogen and oxygen atoms in total. The number of hydrogen-bond donors (Lipinski definition) is 3. The lowest BCUT2D eigenvalue weighted by molar-refractivity contribution is 0.808. The number of para-hydroxylation sites is 2. The molecule has 0 aliphatic rings. The van der Waals surface area contributed by atoms with Gasteiger partial charge in [-0.2, -0.15) is 5.10 Å². The van der Waals surface area contributed by atoms with Crippen LogP contribution in [0.2, 0.25) is 0 Å². The van der Waals surface area contributed by atoms with Crippen molar-refractivity contribution in [2.24, 2.45) is 0 Å². The fourth-order valence-electron chi connectivity index (χ4n) is 3.31. The van der Waals surface area contributed by atoms with Gasteiger partial charge in [0.05, 0.1) is 27.8 Å². The van der Waals surface area contributed by atoms with Gasteiger partial charge in [-0.1, -0.05) is 12.1 Å². The summed E-state index contributed by atoms with van der Waals surface area (Å²) in [7, 11) is 0. The molecule has 0 saturated carbocycles. The van der Waals surface area contributed by atoms with E-state index in [9.17, 15) is 4.79 Å². The summed E-state index contributed by atoms with van der Waals surface area (Å²) in [5, 5.41) is 7.90. The summed E-state index contributed by atoms with van der Waals surface area (Å²) < 4.78 is 1.79. The van der Waals surface area contributed by atoms with Gasteiger partial charge in [-0.25, -0.2) is 19.4 Å². The van der Waals surface area contributed by atoms with Crippen molar-refractivity contribution in [2.45, 2.75) is 13.8 Å². The molecule has 28 heavy (non-hydrogen) atoms. The SMILES string of the molecule is Cc1cc(C)n(-c2nc3ccccc3nc2Nc2ccc3[nH]c(=O)[nH]c3c2)n1. The van der Waals surface area contributed by atoms with Crippen LogP contribution >= 0.6 is 0 Å². The zero-order chi connectivity index (χ0) is 19.3. The molecule has 0 amide bonds. The third-order valence-electron chi connectivity index (χ3n) is 4.54. The van der Waals surface area contributed by atoms with Gasteiger partial charge in [0.2, 0.25) is 0 Å². The first-order valence-electron chi connectivity index (χ1n) is 8.86. The second-order valence-electron chi connectivity index (χ2n) is 6.69. The summed E-state index contributed by atoms with van der Waals surface area (Å²) in [6, 6.07) is 15.3. The van der Waals surface area contributed by atoms with Crippen LogP contribution < -0.4 is 11.0 Å². The van der Waals surface area contributed by atoms with Crippen molar-refractivity contribution in [1.82, 2.24) is 29.7 Å². The highest BCUT2D eigenvalue weighted by Crippen LogP contribution is 2.26. The second-order valence-corrected chi connectivity index (χ2v) is 6.69. The van der Waals surface area contributed by atoms with Gasteiger partial charge in [0.15, 0.2) is 11.6 Å². The first-order chi connectivity index (χ1) is 13.6. The van der Waals surface area contributed by atoms with Crippen molar-refractivity contribution in [3.8, 4) is 5.82 Å². The molecular formula is C20H17N7O. The van der Waals surface area contributed by atoms with E-state index in [2.05, 4.69) is 20.4 Å². The molecule has 138 valence electrons. The molecule has 0 aliphatic carbocycles. The minimum atomic E-state index is -0.235. The highest BCUT2D eigenvalue weighted by atomic mass is 16.1. The van der Waals surface area contributed by atoms with Crippen LogP contribution in [-0.4, -0.2) is 29.7 Å². The quantitative estimate of drug-likeness (QED) is 0.451. The predicted molar refractivity (Wildman–Crippen MR) is 108 cm³/mol. The third-order valence-corrected chi connectivity index (χ3v) is 4.54. The largest absolute Gasteiger partial charge is 0.337 e. The first kappa shape index (κ1) is 16.2. The molecule has 3 aromatic heterocycles. The predicted octanol–water partition coefficient (Wildman–Crippen LogP) is 3.35. The molecule has 3 heterocycles. The molecular weight excluding hydrogens is 354 g/mol. The van der Waals surface area contributed by atoms with Crippen molar-refractivity contribution in [3.63, 3.8) is 0 Å². The number of rotatable bonds is 3. The minimum absolute atomic E-state index is 0.235. The molecule has 0 unspecified atom stereocenters. The molecule has 0 aliphatic heterocycles. The molecule has 0 saturated heterocycles. The molecule has 0 radical (unpaired) electrons. The van der Waals surface area contributed by atoms with Gasteiger partial charge >= 0.3 is 5.69 Å². The third kappa shape index (κ3) is 2.71. The summed E-state index contributed by atoms with van der Waals surface area (Å²) in [5.41, 5.74) is 5.47. The smallest absolute Gasteiger partial charge is 0.323 e. The Kier molecular flexibility index (Phi) is 3.51. The van der Waals surface area contributed by atoms with Gasteiger partial charge in [-0.15, -0.1) is 0 Å². The zero-order valence-corrected chi connectivity index (χ0v) is 15.3. The van der Waals surface area contributed by atoms with Crippen LogP contribution in [0, 0.1) is 13.8 Å². The van der Waals surface area contributed by atoms with Crippen LogP contribution in [0.4, 0.5) is 11.5 Å². The summed E-state index contributed by atoms with van der Waals surface area (Å²) in [4.78, 5) is 26.6. The van der Waals surface area contributed by atoms with Crippen molar-refractivity contribution < 1.29 is 0 Å². The maximum Gasteiger partial charge on any atom is 0.323 e. The Bertz CT molecular complexity index is 1390. The monoisotopic (exact) mass is 371 g/mol. The standard InChI is InChI=1S/C20H17N7O/c1-11-9-12(2)27(26-11)19-18(22-14-5-3-4-6-15(14)23-19)21-13-7-8-16-17(10-13)25-20(28)24-16/h3-10H,1-2H3,(H,21,22)(H2,24,25,28). The second kappa shape index (κ2) is 6.05. The number of aromatic amines is 2. The molecule has 2 aromatic carbocycles. The fourth-order valence-corrected chi connectivity index (χ4v) is 3.31. The summed E-state index contributed by atoms with van der Waals surface area (Å²) in [6.07, 6.45) is 0. The highest BCUT2D eigenvalue weighted by Gasteiger charge is 2.15. The maximum atomic E-state index is 11.5. The summed E-state index contributed by atoms with van der Waals surface area (Å²) in [5.74, 6) is 1.20. The van der Waals surface area contributed by atoms with Gasteiger partial charge in [0, 0.05) is 11.4 Å². The molecule has 0 bridgehead atoms. The van der Waals surface area contributed by atoms with Gasteiger partial charge in [-0.05, 0) is 50.2 Å². The number of aromatic nitrogens is 6. The Balaban J connectivity index is 1.68. The minimum Gasteiger partial charge on any atom is -0.337 e. The number of H-pyrrole nitrogens is 2.